The summed E-state index contributed by atoms with van der Waals surface area (Å²) in [7, 11) is -2.09. The molecule has 0 unspecified atom stereocenters. The molecule has 9 nitrogen and oxygen atoms in total. The van der Waals surface area contributed by atoms with Crippen LogP contribution in [-0.4, -0.2) is 58.9 Å². The van der Waals surface area contributed by atoms with E-state index in [0.717, 1.165) is 24.5 Å². The third-order valence-electron chi connectivity index (χ3n) is 2.86. The van der Waals surface area contributed by atoms with Crippen molar-refractivity contribution < 1.29 is 22.9 Å². The predicted octanol–water partition coefficient (Wildman–Crippen LogP) is -0.0359. The van der Waals surface area contributed by atoms with Gasteiger partial charge in [0.05, 0.1) is 16.4 Å². The Labute approximate surface area is 134 Å². The minimum Gasteiger partial charge on any atom is -0.383 e. The summed E-state index contributed by atoms with van der Waals surface area (Å²) in [5.41, 5.74) is -0.521. The number of ether oxygens (including phenoxy) is 1. The van der Waals surface area contributed by atoms with Crippen molar-refractivity contribution in [3.8, 4) is 0 Å². The van der Waals surface area contributed by atoms with Gasteiger partial charge < -0.3 is 15.4 Å². The van der Waals surface area contributed by atoms with Crippen LogP contribution in [0.5, 0.6) is 0 Å². The van der Waals surface area contributed by atoms with Crippen molar-refractivity contribution in [1.29, 1.82) is 0 Å². The van der Waals surface area contributed by atoms with E-state index in [9.17, 15) is 23.3 Å². The van der Waals surface area contributed by atoms with E-state index in [1.54, 1.807) is 7.11 Å². The van der Waals surface area contributed by atoms with E-state index in [-0.39, 0.29) is 10.5 Å². The van der Waals surface area contributed by atoms with Crippen molar-refractivity contribution in [2.45, 2.75) is 4.90 Å². The van der Waals surface area contributed by atoms with Crippen LogP contribution in [-0.2, 0) is 14.6 Å². The van der Waals surface area contributed by atoms with Crippen molar-refractivity contribution in [2.24, 2.45) is 0 Å². The Balaban J connectivity index is 2.80. The standard InChI is InChI=1S/C13H19N3O6S/c1-22-6-5-14-3-4-15-13(17)10-7-11(16(18)19)9-12(8-10)23(2,20)21/h7-9,14H,3-6H2,1-2H3,(H,15,17). The quantitative estimate of drug-likeness (QED) is 0.365. The van der Waals surface area contributed by atoms with Crippen LogP contribution < -0.4 is 10.6 Å². The Bertz CT molecular complexity index is 674. The van der Waals surface area contributed by atoms with Gasteiger partial charge in [0.25, 0.3) is 11.6 Å². The molecule has 0 aromatic heterocycles. The topological polar surface area (TPSA) is 128 Å². The summed E-state index contributed by atoms with van der Waals surface area (Å²) in [5.74, 6) is -0.577. The number of sulfone groups is 1. The van der Waals surface area contributed by atoms with Gasteiger partial charge in [-0.05, 0) is 6.07 Å². The van der Waals surface area contributed by atoms with E-state index in [4.69, 9.17) is 4.74 Å². The predicted molar refractivity (Wildman–Crippen MR) is 83.3 cm³/mol. The maximum Gasteiger partial charge on any atom is 0.271 e. The van der Waals surface area contributed by atoms with Gasteiger partial charge in [-0.1, -0.05) is 0 Å². The molecule has 0 saturated heterocycles. The highest BCUT2D eigenvalue weighted by Gasteiger charge is 2.18. The fourth-order valence-corrected chi connectivity index (χ4v) is 2.38. The third-order valence-corrected chi connectivity index (χ3v) is 3.95. The Kier molecular flexibility index (Phi) is 7.07. The summed E-state index contributed by atoms with van der Waals surface area (Å²) in [5, 5.41) is 16.4. The zero-order valence-corrected chi connectivity index (χ0v) is 13.7. The molecule has 0 saturated carbocycles. The number of methoxy groups -OCH3 is 1. The SMILES string of the molecule is COCCNCCNC(=O)c1cc([N+](=O)[O-])cc(S(C)(=O)=O)c1. The largest absolute Gasteiger partial charge is 0.383 e. The van der Waals surface area contributed by atoms with Gasteiger partial charge in [-0.25, -0.2) is 8.42 Å². The fourth-order valence-electron chi connectivity index (χ4n) is 1.70. The second-order valence-corrected chi connectivity index (χ2v) is 6.76. The van der Waals surface area contributed by atoms with Gasteiger partial charge in [-0.2, -0.15) is 0 Å². The smallest absolute Gasteiger partial charge is 0.271 e. The number of nitrogens with one attached hydrogen (secondary N) is 2. The molecule has 0 radical (unpaired) electrons. The second kappa shape index (κ2) is 8.56. The van der Waals surface area contributed by atoms with Crippen LogP contribution in [0.2, 0.25) is 0 Å². The van der Waals surface area contributed by atoms with Gasteiger partial charge in [0.15, 0.2) is 9.84 Å². The van der Waals surface area contributed by atoms with E-state index in [2.05, 4.69) is 10.6 Å². The highest BCUT2D eigenvalue weighted by Crippen LogP contribution is 2.20. The first-order valence-corrected chi connectivity index (χ1v) is 8.62. The van der Waals surface area contributed by atoms with Crippen LogP contribution in [0.15, 0.2) is 23.1 Å². The summed E-state index contributed by atoms with van der Waals surface area (Å²) < 4.78 is 28.0. The summed E-state index contributed by atoms with van der Waals surface area (Å²) in [6.07, 6.45) is 0.924. The molecule has 1 rings (SSSR count). The summed E-state index contributed by atoms with van der Waals surface area (Å²) in [6, 6.07) is 3.09. The molecule has 0 atom stereocenters. The number of hydrogen-bond donors (Lipinski definition) is 2. The van der Waals surface area contributed by atoms with Crippen LogP contribution in [0.25, 0.3) is 0 Å². The van der Waals surface area contributed by atoms with Crippen molar-refractivity contribution in [2.75, 3.05) is 39.6 Å². The molecule has 0 aliphatic carbocycles. The number of amides is 1. The molecule has 1 aromatic carbocycles. The minimum absolute atomic E-state index is 0.0727. The first-order valence-electron chi connectivity index (χ1n) is 6.73. The highest BCUT2D eigenvalue weighted by molar-refractivity contribution is 7.90. The monoisotopic (exact) mass is 345 g/mol. The molecule has 0 aliphatic rings. The second-order valence-electron chi connectivity index (χ2n) is 4.74. The van der Waals surface area contributed by atoms with Gasteiger partial charge in [0, 0.05) is 50.7 Å². The zero-order chi connectivity index (χ0) is 17.5. The molecule has 2 N–H and O–H groups in total. The number of nitro benzene ring substituents is 1. The zero-order valence-electron chi connectivity index (χ0n) is 12.9. The van der Waals surface area contributed by atoms with E-state index in [1.165, 1.54) is 0 Å². The van der Waals surface area contributed by atoms with E-state index >= 15 is 0 Å². The van der Waals surface area contributed by atoms with E-state index in [0.29, 0.717) is 26.2 Å². The number of carbonyl (C=O) groups excluding carboxylic acids is 1. The maximum absolute atomic E-state index is 12.0. The number of nitro groups is 1. The number of carbonyl (C=O) groups is 1. The lowest BCUT2D eigenvalue weighted by molar-refractivity contribution is -0.385. The van der Waals surface area contributed by atoms with Crippen LogP contribution in [0.3, 0.4) is 0 Å². The number of non-ortho nitro benzene ring substituents is 1. The van der Waals surface area contributed by atoms with E-state index < -0.39 is 26.4 Å². The average Bonchev–Trinajstić information content (AvgIpc) is 2.49. The van der Waals surface area contributed by atoms with Gasteiger partial charge >= 0.3 is 0 Å². The Morgan fingerprint density at radius 1 is 1.26 bits per heavy atom. The van der Waals surface area contributed by atoms with Gasteiger partial charge in [-0.15, -0.1) is 0 Å². The molecule has 0 heterocycles. The summed E-state index contributed by atoms with van der Waals surface area (Å²) in [4.78, 5) is 21.9. The molecule has 10 heteroatoms. The Morgan fingerprint density at radius 2 is 1.96 bits per heavy atom. The van der Waals surface area contributed by atoms with Crippen LogP contribution in [0.4, 0.5) is 5.69 Å². The first kappa shape index (κ1) is 19.0. The first-order chi connectivity index (χ1) is 10.8. The van der Waals surface area contributed by atoms with Gasteiger partial charge in [-0.3, -0.25) is 14.9 Å². The average molecular weight is 345 g/mol. The van der Waals surface area contributed by atoms with Gasteiger partial charge in [0.2, 0.25) is 0 Å². The number of hydrogen-bond acceptors (Lipinski definition) is 7. The normalized spacial score (nSPS) is 11.2. The van der Waals surface area contributed by atoms with Crippen molar-refractivity contribution >= 4 is 21.4 Å². The molecule has 0 fully saturated rings. The minimum atomic E-state index is -3.66. The van der Waals surface area contributed by atoms with Crippen molar-refractivity contribution in [1.82, 2.24) is 10.6 Å². The molecule has 1 amide bonds. The maximum atomic E-state index is 12.0. The number of nitrogens with zero attached hydrogens (tertiary/aromatic N) is 1. The number of benzene rings is 1. The third kappa shape index (κ3) is 6.30. The Hall–Kier alpha value is -2.04. The van der Waals surface area contributed by atoms with Crippen LogP contribution in [0.1, 0.15) is 10.4 Å². The fraction of sp³-hybridized carbons (Fsp3) is 0.462. The number of rotatable bonds is 9. The molecule has 0 bridgehead atoms. The van der Waals surface area contributed by atoms with Crippen LogP contribution in [0, 0.1) is 10.1 Å². The molecule has 23 heavy (non-hydrogen) atoms. The molecule has 0 spiro atoms. The lowest BCUT2D eigenvalue weighted by Crippen LogP contribution is -2.33. The molecular formula is C13H19N3O6S. The van der Waals surface area contributed by atoms with Crippen molar-refractivity contribution in [3.63, 3.8) is 0 Å². The van der Waals surface area contributed by atoms with Crippen LogP contribution >= 0.6 is 0 Å². The van der Waals surface area contributed by atoms with Gasteiger partial charge in [0.1, 0.15) is 0 Å². The highest BCUT2D eigenvalue weighted by atomic mass is 32.2. The summed E-state index contributed by atoms with van der Waals surface area (Å²) in [6.45, 7) is 1.94. The molecule has 128 valence electrons. The summed E-state index contributed by atoms with van der Waals surface area (Å²) >= 11 is 0. The lowest BCUT2D eigenvalue weighted by atomic mass is 10.2. The lowest BCUT2D eigenvalue weighted by Gasteiger charge is -2.08. The molecular weight excluding hydrogens is 326 g/mol. The van der Waals surface area contributed by atoms with Crippen molar-refractivity contribution in [3.05, 3.63) is 33.9 Å². The molecule has 1 aromatic rings. The molecule has 0 aliphatic heterocycles. The Morgan fingerprint density at radius 3 is 2.52 bits per heavy atom. The van der Waals surface area contributed by atoms with E-state index in [1.807, 2.05) is 0 Å².